The van der Waals surface area contributed by atoms with Crippen LogP contribution >= 0.6 is 0 Å². The molecule has 0 saturated heterocycles. The normalized spacial score (nSPS) is 11.2. The van der Waals surface area contributed by atoms with Gasteiger partial charge >= 0.3 is 0 Å². The molecule has 3 aromatic carbocycles. The molecule has 0 amide bonds. The van der Waals surface area contributed by atoms with Crippen molar-refractivity contribution >= 4 is 23.0 Å². The molecule has 0 bridgehead atoms. The third-order valence-corrected chi connectivity index (χ3v) is 4.84. The molecule has 0 radical (unpaired) electrons. The highest BCUT2D eigenvalue weighted by atomic mass is 16.5. The molecule has 0 aliphatic rings. The zero-order valence-corrected chi connectivity index (χ0v) is 16.9. The average Bonchev–Trinajstić information content (AvgIpc) is 3.23. The number of hydrogen-bond donors (Lipinski definition) is 0. The van der Waals surface area contributed by atoms with E-state index in [1.165, 1.54) is 10.8 Å². The van der Waals surface area contributed by atoms with Gasteiger partial charge < -0.3 is 4.74 Å². The molecule has 150 valence electrons. The maximum absolute atomic E-state index is 12.5. The Morgan fingerprint density at radius 2 is 1.67 bits per heavy atom. The van der Waals surface area contributed by atoms with Gasteiger partial charge in [-0.15, -0.1) is 5.10 Å². The minimum Gasteiger partial charge on any atom is -0.494 e. The average molecular weight is 397 g/mol. The number of allylic oxidation sites excluding steroid dienone is 1. The first kappa shape index (κ1) is 19.6. The molecule has 0 N–H and O–H groups in total. The van der Waals surface area contributed by atoms with Crippen LogP contribution in [0.25, 0.3) is 28.2 Å². The highest BCUT2D eigenvalue weighted by molar-refractivity contribution is 5.98. The first-order chi connectivity index (χ1) is 14.7. The second-order valence-corrected chi connectivity index (χ2v) is 7.01. The van der Waals surface area contributed by atoms with Crippen molar-refractivity contribution in [3.8, 4) is 16.9 Å². The van der Waals surface area contributed by atoms with E-state index in [9.17, 15) is 4.79 Å². The monoisotopic (exact) mass is 397 g/mol. The lowest BCUT2D eigenvalue weighted by Crippen LogP contribution is -2.08. The SMILES string of the molecule is CCCCOc1ccc(-c2ccc(C=CC(=O)n3nnc4ccccc43)cc2)cc1. The first-order valence-corrected chi connectivity index (χ1v) is 10.1. The number of para-hydroxylation sites is 1. The Balaban J connectivity index is 1.42. The standard InChI is InChI=1S/C25H23N3O2/c1-2-3-18-30-22-15-13-21(14-16-22)20-11-8-19(9-12-20)10-17-25(29)28-24-7-5-4-6-23(24)26-27-28/h4-17H,2-3,18H2,1H3. The Kier molecular flexibility index (Phi) is 5.99. The van der Waals surface area contributed by atoms with Crippen LogP contribution in [0.1, 0.15) is 30.1 Å². The number of aromatic nitrogens is 3. The zero-order valence-electron chi connectivity index (χ0n) is 16.9. The van der Waals surface area contributed by atoms with Crippen molar-refractivity contribution in [2.45, 2.75) is 19.8 Å². The maximum Gasteiger partial charge on any atom is 0.272 e. The number of fused-ring (bicyclic) bond motifs is 1. The Morgan fingerprint density at radius 1 is 0.967 bits per heavy atom. The van der Waals surface area contributed by atoms with Crippen LogP contribution in [0.3, 0.4) is 0 Å². The van der Waals surface area contributed by atoms with E-state index in [2.05, 4.69) is 29.4 Å². The summed E-state index contributed by atoms with van der Waals surface area (Å²) in [4.78, 5) is 12.5. The van der Waals surface area contributed by atoms with E-state index in [-0.39, 0.29) is 5.91 Å². The van der Waals surface area contributed by atoms with Crippen molar-refractivity contribution < 1.29 is 9.53 Å². The molecule has 0 unspecified atom stereocenters. The molecule has 1 heterocycles. The fourth-order valence-corrected chi connectivity index (χ4v) is 3.13. The van der Waals surface area contributed by atoms with Crippen molar-refractivity contribution in [1.29, 1.82) is 0 Å². The second kappa shape index (κ2) is 9.18. The molecule has 1 aromatic heterocycles. The van der Waals surface area contributed by atoms with E-state index >= 15 is 0 Å². The number of benzene rings is 3. The summed E-state index contributed by atoms with van der Waals surface area (Å²) in [7, 11) is 0. The maximum atomic E-state index is 12.5. The summed E-state index contributed by atoms with van der Waals surface area (Å²) in [5, 5.41) is 7.96. The Labute approximate surface area is 175 Å². The summed E-state index contributed by atoms with van der Waals surface area (Å²) < 4.78 is 7.03. The van der Waals surface area contributed by atoms with Gasteiger partial charge in [0.2, 0.25) is 0 Å². The van der Waals surface area contributed by atoms with Crippen LogP contribution in [0.15, 0.2) is 78.9 Å². The lowest BCUT2D eigenvalue weighted by atomic mass is 10.0. The summed E-state index contributed by atoms with van der Waals surface area (Å²) in [5.41, 5.74) is 4.57. The minimum absolute atomic E-state index is 0.230. The molecule has 0 aliphatic carbocycles. The van der Waals surface area contributed by atoms with Gasteiger partial charge in [0.25, 0.3) is 5.91 Å². The Bertz CT molecular complexity index is 1160. The molecule has 0 spiro atoms. The number of unbranched alkanes of at least 4 members (excludes halogenated alkanes) is 1. The van der Waals surface area contributed by atoms with E-state index in [0.29, 0.717) is 11.0 Å². The smallest absolute Gasteiger partial charge is 0.272 e. The molecule has 4 rings (SSSR count). The number of hydrogen-bond acceptors (Lipinski definition) is 4. The highest BCUT2D eigenvalue weighted by Crippen LogP contribution is 2.23. The van der Waals surface area contributed by atoms with Crippen LogP contribution in [0.5, 0.6) is 5.75 Å². The minimum atomic E-state index is -0.230. The summed E-state index contributed by atoms with van der Waals surface area (Å²) in [6.45, 7) is 2.90. The number of carbonyl (C=O) groups is 1. The molecule has 0 saturated carbocycles. The van der Waals surface area contributed by atoms with Gasteiger partial charge in [-0.3, -0.25) is 4.79 Å². The molecule has 5 heteroatoms. The van der Waals surface area contributed by atoms with Gasteiger partial charge in [-0.25, -0.2) is 0 Å². The molecule has 0 atom stereocenters. The lowest BCUT2D eigenvalue weighted by Gasteiger charge is -2.07. The Morgan fingerprint density at radius 3 is 2.40 bits per heavy atom. The van der Waals surface area contributed by atoms with E-state index < -0.39 is 0 Å². The van der Waals surface area contributed by atoms with Crippen molar-refractivity contribution in [2.75, 3.05) is 6.61 Å². The van der Waals surface area contributed by atoms with Crippen LogP contribution in [0.2, 0.25) is 0 Å². The van der Waals surface area contributed by atoms with Crippen LogP contribution in [0.4, 0.5) is 0 Å². The molecule has 0 aliphatic heterocycles. The van der Waals surface area contributed by atoms with E-state index in [1.54, 1.807) is 6.08 Å². The van der Waals surface area contributed by atoms with Crippen LogP contribution in [0, 0.1) is 0 Å². The number of carbonyl (C=O) groups excluding carboxylic acids is 1. The predicted molar refractivity (Wildman–Crippen MR) is 119 cm³/mol. The number of ether oxygens (including phenoxy) is 1. The number of rotatable bonds is 7. The van der Waals surface area contributed by atoms with E-state index in [0.717, 1.165) is 41.9 Å². The highest BCUT2D eigenvalue weighted by Gasteiger charge is 2.08. The molecular weight excluding hydrogens is 374 g/mol. The van der Waals surface area contributed by atoms with Crippen molar-refractivity contribution in [3.63, 3.8) is 0 Å². The van der Waals surface area contributed by atoms with Gasteiger partial charge in [-0.05, 0) is 53.5 Å². The summed E-state index contributed by atoms with van der Waals surface area (Å²) in [6.07, 6.45) is 5.48. The van der Waals surface area contributed by atoms with Crippen molar-refractivity contribution in [3.05, 3.63) is 84.4 Å². The topological polar surface area (TPSA) is 57.0 Å². The zero-order chi connectivity index (χ0) is 20.8. The van der Waals surface area contributed by atoms with E-state index in [1.807, 2.05) is 60.7 Å². The fourth-order valence-electron chi connectivity index (χ4n) is 3.13. The van der Waals surface area contributed by atoms with Gasteiger partial charge in [0, 0.05) is 6.08 Å². The van der Waals surface area contributed by atoms with Gasteiger partial charge in [0.05, 0.1) is 12.1 Å². The lowest BCUT2D eigenvalue weighted by molar-refractivity contribution is 0.0958. The van der Waals surface area contributed by atoms with Gasteiger partial charge in [0.15, 0.2) is 0 Å². The van der Waals surface area contributed by atoms with Crippen LogP contribution in [-0.4, -0.2) is 27.5 Å². The van der Waals surface area contributed by atoms with Crippen LogP contribution in [-0.2, 0) is 0 Å². The fraction of sp³-hybridized carbons (Fsp3) is 0.160. The Hall–Kier alpha value is -3.73. The number of nitrogens with zero attached hydrogens (tertiary/aromatic N) is 3. The molecule has 5 nitrogen and oxygen atoms in total. The van der Waals surface area contributed by atoms with Gasteiger partial charge in [0.1, 0.15) is 11.3 Å². The molecule has 0 fully saturated rings. The summed E-state index contributed by atoms with van der Waals surface area (Å²) >= 11 is 0. The molecular formula is C25H23N3O2. The quantitative estimate of drug-likeness (QED) is 0.299. The van der Waals surface area contributed by atoms with Gasteiger partial charge in [-0.1, -0.05) is 67.1 Å². The van der Waals surface area contributed by atoms with Crippen LogP contribution < -0.4 is 4.74 Å². The second-order valence-electron chi connectivity index (χ2n) is 7.01. The predicted octanol–water partition coefficient (Wildman–Crippen LogP) is 5.63. The molecule has 4 aromatic rings. The third-order valence-electron chi connectivity index (χ3n) is 4.84. The molecule has 30 heavy (non-hydrogen) atoms. The third kappa shape index (κ3) is 4.46. The van der Waals surface area contributed by atoms with Crippen molar-refractivity contribution in [1.82, 2.24) is 15.0 Å². The largest absolute Gasteiger partial charge is 0.494 e. The van der Waals surface area contributed by atoms with Crippen molar-refractivity contribution in [2.24, 2.45) is 0 Å². The first-order valence-electron chi connectivity index (χ1n) is 10.1. The van der Waals surface area contributed by atoms with Gasteiger partial charge in [-0.2, -0.15) is 4.68 Å². The van der Waals surface area contributed by atoms with E-state index in [4.69, 9.17) is 4.74 Å². The summed E-state index contributed by atoms with van der Waals surface area (Å²) in [6, 6.07) is 23.6. The summed E-state index contributed by atoms with van der Waals surface area (Å²) in [5.74, 6) is 0.664.